The van der Waals surface area contributed by atoms with E-state index in [1.54, 1.807) is 0 Å². The Morgan fingerprint density at radius 1 is 1.38 bits per heavy atom. The van der Waals surface area contributed by atoms with Gasteiger partial charge in [0.1, 0.15) is 0 Å². The molecule has 0 fully saturated rings. The van der Waals surface area contributed by atoms with E-state index in [1.165, 1.54) is 0 Å². The van der Waals surface area contributed by atoms with Crippen molar-refractivity contribution in [1.29, 1.82) is 0 Å². The first-order valence-electron chi connectivity index (χ1n) is 2.83. The van der Waals surface area contributed by atoms with Crippen molar-refractivity contribution in [1.82, 2.24) is 0 Å². The fourth-order valence-electron chi connectivity index (χ4n) is 0.105. The van der Waals surface area contributed by atoms with E-state index in [0.717, 1.165) is 25.2 Å². The summed E-state index contributed by atoms with van der Waals surface area (Å²) in [6.45, 7) is 8.59. The summed E-state index contributed by atoms with van der Waals surface area (Å²) in [5.41, 5.74) is 0.0910. The first-order chi connectivity index (χ1) is 3.50. The molecule has 0 saturated heterocycles. The zero-order valence-corrected chi connectivity index (χ0v) is 9.41. The summed E-state index contributed by atoms with van der Waals surface area (Å²) < 4.78 is 5.31. The summed E-state index contributed by atoms with van der Waals surface area (Å²) in [6, 6.07) is 0. The maximum atomic E-state index is 5.31. The molecule has 0 rings (SSSR count). The van der Waals surface area contributed by atoms with Crippen LogP contribution in [-0.2, 0) is 2.81 Å². The van der Waals surface area contributed by atoms with Crippen LogP contribution in [0.15, 0.2) is 0 Å². The van der Waals surface area contributed by atoms with Crippen molar-refractivity contribution < 1.29 is 2.81 Å². The summed E-state index contributed by atoms with van der Waals surface area (Å²) in [5.74, 6) is 0.618. The molecule has 46 valence electrons. The molecule has 0 N–H and O–H groups in total. The van der Waals surface area contributed by atoms with Crippen molar-refractivity contribution in [2.24, 2.45) is 5.92 Å². The van der Waals surface area contributed by atoms with Crippen LogP contribution in [0.2, 0.25) is 0 Å². The third kappa shape index (κ3) is 2.41. The second kappa shape index (κ2) is 3.12. The van der Waals surface area contributed by atoms with Crippen molar-refractivity contribution >= 4 is 25.2 Å². The van der Waals surface area contributed by atoms with Crippen molar-refractivity contribution in [3.05, 3.63) is 0 Å². The second-order valence-corrected chi connectivity index (χ2v) is 3.56. The Morgan fingerprint density at radius 3 is 1.75 bits per heavy atom. The predicted octanol–water partition coefficient (Wildman–Crippen LogP) is 1.52. The van der Waals surface area contributed by atoms with Gasteiger partial charge in [-0.3, -0.25) is 0 Å². The summed E-state index contributed by atoms with van der Waals surface area (Å²) >= 11 is 1.03. The molecule has 0 aliphatic heterocycles. The number of hydrogen-bond donors (Lipinski definition) is 0. The van der Waals surface area contributed by atoms with Gasteiger partial charge in [0.25, 0.3) is 0 Å². The van der Waals surface area contributed by atoms with Crippen molar-refractivity contribution in [3.63, 3.8) is 0 Å². The van der Waals surface area contributed by atoms with Crippen LogP contribution in [0.5, 0.6) is 0 Å². The molecule has 0 saturated carbocycles. The monoisotopic (exact) mass is 310 g/mol. The van der Waals surface area contributed by atoms with Crippen LogP contribution in [0, 0.1) is 5.92 Å². The molecule has 1 nitrogen and oxygen atoms in total. The first-order valence-corrected chi connectivity index (χ1v) is 4.25. The van der Waals surface area contributed by atoms with Crippen molar-refractivity contribution in [3.8, 4) is 0 Å². The molecular formula is C6H13BiO+2. The van der Waals surface area contributed by atoms with Gasteiger partial charge in [-0.1, -0.05) is 0 Å². The first kappa shape index (κ1) is 8.84. The van der Waals surface area contributed by atoms with Crippen molar-refractivity contribution in [2.45, 2.75) is 33.3 Å². The molecule has 0 atom stereocenters. The van der Waals surface area contributed by atoms with Gasteiger partial charge in [-0.15, -0.1) is 0 Å². The van der Waals surface area contributed by atoms with Gasteiger partial charge in [-0.2, -0.15) is 0 Å². The van der Waals surface area contributed by atoms with Gasteiger partial charge in [-0.25, -0.2) is 0 Å². The fourth-order valence-corrected chi connectivity index (χ4v) is 0.925. The zero-order valence-electron chi connectivity index (χ0n) is 5.93. The van der Waals surface area contributed by atoms with E-state index in [4.69, 9.17) is 2.81 Å². The van der Waals surface area contributed by atoms with Crippen molar-refractivity contribution in [2.75, 3.05) is 0 Å². The number of rotatable bonds is 2. The van der Waals surface area contributed by atoms with E-state index < -0.39 is 0 Å². The zero-order chi connectivity index (χ0) is 6.78. The van der Waals surface area contributed by atoms with Gasteiger partial charge in [0.2, 0.25) is 0 Å². The molecule has 0 aromatic heterocycles. The molecule has 8 heavy (non-hydrogen) atoms. The van der Waals surface area contributed by atoms with Crippen LogP contribution in [0.3, 0.4) is 0 Å². The molecule has 0 spiro atoms. The molecule has 0 aromatic carbocycles. The normalized spacial score (nSPS) is 12.6. The minimum atomic E-state index is 0.0910. The molecule has 0 bridgehead atoms. The van der Waals surface area contributed by atoms with Gasteiger partial charge >= 0.3 is 67.2 Å². The average Bonchev–Trinajstić information content (AvgIpc) is 1.67. The molecule has 0 aromatic rings. The molecule has 2 radical (unpaired) electrons. The van der Waals surface area contributed by atoms with E-state index >= 15 is 0 Å². The Bertz CT molecular complexity index is 68.9. The van der Waals surface area contributed by atoms with E-state index in [9.17, 15) is 0 Å². The predicted molar refractivity (Wildman–Crippen MR) is 35.8 cm³/mol. The standard InChI is InChI=1S/C6H13O.Bi/c1-5(2)6(3,4)7;/h5H,1-4H3;/q-1;+3. The third-order valence-electron chi connectivity index (χ3n) is 1.63. The van der Waals surface area contributed by atoms with Gasteiger partial charge in [-0.05, 0) is 0 Å². The Hall–Kier alpha value is 0.843. The third-order valence-corrected chi connectivity index (χ3v) is 3.45. The summed E-state index contributed by atoms with van der Waals surface area (Å²) in [7, 11) is 0. The molecule has 0 amide bonds. The molecule has 0 aliphatic carbocycles. The maximum absolute atomic E-state index is 5.31. The van der Waals surface area contributed by atoms with Crippen LogP contribution < -0.4 is 0 Å². The average molecular weight is 310 g/mol. The Morgan fingerprint density at radius 2 is 1.75 bits per heavy atom. The van der Waals surface area contributed by atoms with Crippen LogP contribution in [-0.4, -0.2) is 30.8 Å². The Labute approximate surface area is 67.3 Å². The molecule has 2 heteroatoms. The molecular weight excluding hydrogens is 297 g/mol. The van der Waals surface area contributed by atoms with E-state index in [0.29, 0.717) is 5.92 Å². The summed E-state index contributed by atoms with van der Waals surface area (Å²) in [5, 5.41) is 0. The molecule has 0 heterocycles. The summed E-state index contributed by atoms with van der Waals surface area (Å²) in [4.78, 5) is 0. The quantitative estimate of drug-likeness (QED) is 0.703. The Kier molecular flexibility index (Phi) is 3.45. The fraction of sp³-hybridized carbons (Fsp3) is 1.00. The van der Waals surface area contributed by atoms with E-state index in [2.05, 4.69) is 27.7 Å². The van der Waals surface area contributed by atoms with Crippen LogP contribution in [0.4, 0.5) is 0 Å². The Balaban J connectivity index is 3.71. The van der Waals surface area contributed by atoms with E-state index in [1.807, 2.05) is 0 Å². The van der Waals surface area contributed by atoms with Crippen LogP contribution in [0.25, 0.3) is 0 Å². The van der Waals surface area contributed by atoms with Gasteiger partial charge in [0, 0.05) is 0 Å². The molecule has 0 aliphatic rings. The van der Waals surface area contributed by atoms with Crippen LogP contribution in [0.1, 0.15) is 27.7 Å². The topological polar surface area (TPSA) is 9.23 Å². The minimum absolute atomic E-state index is 0.0910. The van der Waals surface area contributed by atoms with Gasteiger partial charge in [0.15, 0.2) is 0 Å². The SMILES string of the molecule is CC(C)C(C)(C)[O][Bi+2]. The molecule has 0 unspecified atom stereocenters. The van der Waals surface area contributed by atoms with E-state index in [-0.39, 0.29) is 5.60 Å². The number of hydrogen-bond acceptors (Lipinski definition) is 1. The van der Waals surface area contributed by atoms with Crippen LogP contribution >= 0.6 is 0 Å². The summed E-state index contributed by atoms with van der Waals surface area (Å²) in [6.07, 6.45) is 0. The van der Waals surface area contributed by atoms with Gasteiger partial charge < -0.3 is 0 Å². The second-order valence-electron chi connectivity index (χ2n) is 2.85. The van der Waals surface area contributed by atoms with Gasteiger partial charge in [0.05, 0.1) is 0 Å².